The molecule has 0 aromatic heterocycles. The van der Waals surface area contributed by atoms with E-state index in [0.717, 1.165) is 19.3 Å². The van der Waals surface area contributed by atoms with Crippen LogP contribution in [0.5, 0.6) is 0 Å². The number of nitrogens with one attached hydrogen (secondary N) is 1. The van der Waals surface area contributed by atoms with E-state index in [1.54, 1.807) is 0 Å². The van der Waals surface area contributed by atoms with E-state index in [-0.39, 0.29) is 0 Å². The maximum absolute atomic E-state index is 5.46. The van der Waals surface area contributed by atoms with E-state index in [2.05, 4.69) is 11.6 Å². The van der Waals surface area contributed by atoms with E-state index in [0.29, 0.717) is 4.75 Å². The molecule has 3 heteroatoms. The van der Waals surface area contributed by atoms with E-state index in [9.17, 15) is 0 Å². The van der Waals surface area contributed by atoms with Crippen molar-refractivity contribution in [2.45, 2.75) is 49.3 Å². The van der Waals surface area contributed by atoms with Crippen LogP contribution in [0.1, 0.15) is 38.5 Å². The molecule has 1 saturated heterocycles. The first-order valence-electron chi connectivity index (χ1n) is 6.21. The third-order valence-electron chi connectivity index (χ3n) is 3.91. The van der Waals surface area contributed by atoms with Gasteiger partial charge >= 0.3 is 0 Å². The van der Waals surface area contributed by atoms with Crippen molar-refractivity contribution in [3.05, 3.63) is 0 Å². The zero-order valence-electron chi connectivity index (χ0n) is 9.76. The molecule has 15 heavy (non-hydrogen) atoms. The summed E-state index contributed by atoms with van der Waals surface area (Å²) in [5, 5.41) is 3.77. The second-order valence-corrected chi connectivity index (χ2v) is 6.14. The van der Waals surface area contributed by atoms with E-state index < -0.39 is 0 Å². The molecular formula is C12H23NOS. The van der Waals surface area contributed by atoms with E-state index in [4.69, 9.17) is 4.74 Å². The predicted molar refractivity (Wildman–Crippen MR) is 66.6 cm³/mol. The first kappa shape index (κ1) is 11.7. The van der Waals surface area contributed by atoms with Crippen LogP contribution in [0.2, 0.25) is 0 Å². The van der Waals surface area contributed by atoms with Gasteiger partial charge in [-0.1, -0.05) is 12.8 Å². The Balaban J connectivity index is 1.78. The van der Waals surface area contributed by atoms with Crippen LogP contribution in [-0.2, 0) is 4.74 Å². The number of thioether (sulfide) groups is 1. The van der Waals surface area contributed by atoms with Gasteiger partial charge in [-0.05, 0) is 31.9 Å². The molecule has 1 N–H and O–H groups in total. The van der Waals surface area contributed by atoms with Crippen molar-refractivity contribution < 1.29 is 4.74 Å². The van der Waals surface area contributed by atoms with Crippen LogP contribution in [0.15, 0.2) is 0 Å². The molecule has 0 amide bonds. The molecule has 2 aliphatic rings. The average Bonchev–Trinajstić information content (AvgIpc) is 2.81. The fourth-order valence-corrected chi connectivity index (χ4v) is 3.46. The minimum Gasteiger partial charge on any atom is -0.381 e. The quantitative estimate of drug-likeness (QED) is 0.800. The molecule has 0 unspecified atom stereocenters. The molecule has 0 spiro atoms. The topological polar surface area (TPSA) is 21.3 Å². The molecule has 1 aliphatic carbocycles. The summed E-state index contributed by atoms with van der Waals surface area (Å²) in [5.74, 6) is 0. The van der Waals surface area contributed by atoms with E-state index in [1.165, 1.54) is 45.1 Å². The summed E-state index contributed by atoms with van der Waals surface area (Å²) >= 11 is 2.03. The van der Waals surface area contributed by atoms with Crippen LogP contribution in [0.3, 0.4) is 0 Å². The minimum atomic E-state index is 0.459. The van der Waals surface area contributed by atoms with Crippen LogP contribution < -0.4 is 5.32 Å². The largest absolute Gasteiger partial charge is 0.381 e. The normalized spacial score (nSPS) is 27.0. The number of hydrogen-bond acceptors (Lipinski definition) is 3. The van der Waals surface area contributed by atoms with Crippen molar-refractivity contribution in [3.8, 4) is 0 Å². The molecule has 2 nitrogen and oxygen atoms in total. The van der Waals surface area contributed by atoms with Crippen LogP contribution in [0.25, 0.3) is 0 Å². The van der Waals surface area contributed by atoms with Gasteiger partial charge in [-0.15, -0.1) is 0 Å². The second kappa shape index (κ2) is 5.55. The average molecular weight is 229 g/mol. The first-order chi connectivity index (χ1) is 7.35. The van der Waals surface area contributed by atoms with Crippen molar-refractivity contribution in [1.82, 2.24) is 5.32 Å². The number of ether oxygens (including phenoxy) is 1. The molecule has 88 valence electrons. The summed E-state index contributed by atoms with van der Waals surface area (Å²) in [6.07, 6.45) is 10.3. The van der Waals surface area contributed by atoms with Crippen LogP contribution in [0, 0.1) is 0 Å². The number of rotatable bonds is 4. The first-order valence-corrected chi connectivity index (χ1v) is 7.43. The van der Waals surface area contributed by atoms with Crippen LogP contribution in [0.4, 0.5) is 0 Å². The highest BCUT2D eigenvalue weighted by atomic mass is 32.2. The highest BCUT2D eigenvalue weighted by molar-refractivity contribution is 8.00. The van der Waals surface area contributed by atoms with Gasteiger partial charge in [0.1, 0.15) is 0 Å². The summed E-state index contributed by atoms with van der Waals surface area (Å²) in [4.78, 5) is 0. The lowest BCUT2D eigenvalue weighted by atomic mass is 9.98. The fraction of sp³-hybridized carbons (Fsp3) is 1.00. The van der Waals surface area contributed by atoms with Crippen molar-refractivity contribution in [3.63, 3.8) is 0 Å². The molecule has 1 saturated carbocycles. The van der Waals surface area contributed by atoms with Crippen molar-refractivity contribution in [1.29, 1.82) is 0 Å². The van der Waals surface area contributed by atoms with Gasteiger partial charge in [0.05, 0.1) is 0 Å². The Kier molecular flexibility index (Phi) is 4.35. The van der Waals surface area contributed by atoms with Gasteiger partial charge in [-0.3, -0.25) is 0 Å². The number of hydrogen-bond donors (Lipinski definition) is 1. The Hall–Kier alpha value is 0.270. The maximum Gasteiger partial charge on any atom is 0.0479 e. The van der Waals surface area contributed by atoms with Gasteiger partial charge in [0.15, 0.2) is 0 Å². The van der Waals surface area contributed by atoms with Crippen LogP contribution >= 0.6 is 11.8 Å². The molecule has 0 aromatic carbocycles. The highest BCUT2D eigenvalue weighted by Crippen LogP contribution is 2.33. The summed E-state index contributed by atoms with van der Waals surface area (Å²) < 4.78 is 5.92. The predicted octanol–water partition coefficient (Wildman–Crippen LogP) is 2.43. The smallest absolute Gasteiger partial charge is 0.0479 e. The minimum absolute atomic E-state index is 0.459. The van der Waals surface area contributed by atoms with Crippen molar-refractivity contribution in [2.75, 3.05) is 26.0 Å². The Labute approximate surface area is 97.5 Å². The summed E-state index contributed by atoms with van der Waals surface area (Å²) in [7, 11) is 0. The van der Waals surface area contributed by atoms with Crippen molar-refractivity contribution in [2.24, 2.45) is 0 Å². The molecule has 0 aromatic rings. The van der Waals surface area contributed by atoms with Gasteiger partial charge < -0.3 is 10.1 Å². The Morgan fingerprint density at radius 2 is 1.93 bits per heavy atom. The van der Waals surface area contributed by atoms with Gasteiger partial charge in [0.2, 0.25) is 0 Å². The monoisotopic (exact) mass is 229 g/mol. The zero-order valence-corrected chi connectivity index (χ0v) is 10.6. The SMILES string of the molecule is CSC1(CNC2CCCC2)CCOCC1. The van der Waals surface area contributed by atoms with Gasteiger partial charge in [-0.2, -0.15) is 11.8 Å². The van der Waals surface area contributed by atoms with Gasteiger partial charge in [-0.25, -0.2) is 0 Å². The summed E-state index contributed by atoms with van der Waals surface area (Å²) in [6, 6.07) is 0.803. The molecule has 2 rings (SSSR count). The van der Waals surface area contributed by atoms with Crippen molar-refractivity contribution >= 4 is 11.8 Å². The Morgan fingerprint density at radius 1 is 1.27 bits per heavy atom. The lowest BCUT2D eigenvalue weighted by Gasteiger charge is -2.36. The molecule has 1 aliphatic heterocycles. The molecule has 2 fully saturated rings. The lowest BCUT2D eigenvalue weighted by molar-refractivity contribution is 0.0765. The van der Waals surface area contributed by atoms with Crippen LogP contribution in [-0.4, -0.2) is 36.8 Å². The molecule has 0 bridgehead atoms. The third kappa shape index (κ3) is 3.11. The molecule has 0 radical (unpaired) electrons. The highest BCUT2D eigenvalue weighted by Gasteiger charge is 2.32. The van der Waals surface area contributed by atoms with E-state index >= 15 is 0 Å². The van der Waals surface area contributed by atoms with Gasteiger partial charge in [0, 0.05) is 30.5 Å². The maximum atomic E-state index is 5.46. The summed E-state index contributed by atoms with van der Waals surface area (Å²) in [6.45, 7) is 3.09. The lowest BCUT2D eigenvalue weighted by Crippen LogP contribution is -2.45. The molecule has 0 atom stereocenters. The standard InChI is InChI=1S/C12H23NOS/c1-15-12(6-8-14-9-7-12)10-13-11-4-2-3-5-11/h11,13H,2-10H2,1H3. The second-order valence-electron chi connectivity index (χ2n) is 4.86. The Morgan fingerprint density at radius 3 is 2.53 bits per heavy atom. The van der Waals surface area contributed by atoms with Gasteiger partial charge in [0.25, 0.3) is 0 Å². The van der Waals surface area contributed by atoms with E-state index in [1.807, 2.05) is 11.8 Å². The third-order valence-corrected chi connectivity index (χ3v) is 5.32. The summed E-state index contributed by atoms with van der Waals surface area (Å²) in [5.41, 5.74) is 0. The fourth-order valence-electron chi connectivity index (χ4n) is 2.66. The zero-order chi connectivity index (χ0) is 10.6. The Bertz CT molecular complexity index is 186. The molecule has 1 heterocycles. The molecular weight excluding hydrogens is 206 g/mol.